The van der Waals surface area contributed by atoms with Gasteiger partial charge in [0.1, 0.15) is 5.82 Å². The Labute approximate surface area is 189 Å². The molecule has 1 heterocycles. The van der Waals surface area contributed by atoms with Gasteiger partial charge in [-0.3, -0.25) is 9.59 Å². The van der Waals surface area contributed by atoms with E-state index >= 15 is 0 Å². The molecule has 1 saturated heterocycles. The number of rotatable bonds is 6. The number of carbonyl (C=O) groups is 2. The Morgan fingerprint density at radius 1 is 1.00 bits per heavy atom. The van der Waals surface area contributed by atoms with E-state index in [-0.39, 0.29) is 60.9 Å². The second-order valence-electron chi connectivity index (χ2n) is 6.87. The van der Waals surface area contributed by atoms with E-state index in [9.17, 15) is 22.4 Å². The minimum Gasteiger partial charge on any atom is -0.352 e. The van der Waals surface area contributed by atoms with E-state index in [1.165, 1.54) is 4.31 Å². The Kier molecular flexibility index (Phi) is 7.53. The minimum atomic E-state index is -3.83. The molecule has 0 atom stereocenters. The van der Waals surface area contributed by atoms with Gasteiger partial charge in [-0.1, -0.05) is 23.2 Å². The first kappa shape index (κ1) is 23.5. The van der Waals surface area contributed by atoms with Crippen molar-refractivity contribution >= 4 is 45.0 Å². The molecule has 11 heteroatoms. The normalized spacial score (nSPS) is 15.0. The zero-order valence-electron chi connectivity index (χ0n) is 16.4. The third-order valence-corrected chi connectivity index (χ3v) is 7.29. The summed E-state index contributed by atoms with van der Waals surface area (Å²) in [5.41, 5.74) is 0.441. The number of nitrogens with one attached hydrogen (secondary N) is 1. The number of hydrogen-bond donors (Lipinski definition) is 1. The van der Waals surface area contributed by atoms with Crippen LogP contribution in [0.3, 0.4) is 0 Å². The lowest BCUT2D eigenvalue weighted by atomic mass is 10.2. The maximum atomic E-state index is 13.3. The summed E-state index contributed by atoms with van der Waals surface area (Å²) in [5.74, 6) is -1.18. The molecule has 2 aromatic rings. The lowest BCUT2D eigenvalue weighted by Crippen LogP contribution is -2.50. The Bertz CT molecular complexity index is 1070. The second kappa shape index (κ2) is 9.95. The maximum Gasteiger partial charge on any atom is 0.251 e. The zero-order valence-corrected chi connectivity index (χ0v) is 18.7. The van der Waals surface area contributed by atoms with Crippen LogP contribution in [0.4, 0.5) is 4.39 Å². The fourth-order valence-electron chi connectivity index (χ4n) is 3.11. The van der Waals surface area contributed by atoms with E-state index in [2.05, 4.69) is 5.32 Å². The molecule has 31 heavy (non-hydrogen) atoms. The van der Waals surface area contributed by atoms with Gasteiger partial charge in [0.15, 0.2) is 0 Å². The number of piperazine rings is 1. The van der Waals surface area contributed by atoms with E-state index in [1.54, 1.807) is 29.2 Å². The highest BCUT2D eigenvalue weighted by atomic mass is 35.5. The smallest absolute Gasteiger partial charge is 0.251 e. The predicted molar refractivity (Wildman–Crippen MR) is 115 cm³/mol. The van der Waals surface area contributed by atoms with Crippen molar-refractivity contribution in [1.29, 1.82) is 0 Å². The van der Waals surface area contributed by atoms with Gasteiger partial charge in [0.25, 0.3) is 5.91 Å². The van der Waals surface area contributed by atoms with Gasteiger partial charge in [-0.2, -0.15) is 4.31 Å². The highest BCUT2D eigenvalue weighted by Crippen LogP contribution is 2.23. The van der Waals surface area contributed by atoms with Crippen molar-refractivity contribution in [2.24, 2.45) is 0 Å². The van der Waals surface area contributed by atoms with E-state index in [0.717, 1.165) is 18.2 Å². The van der Waals surface area contributed by atoms with Gasteiger partial charge >= 0.3 is 0 Å². The molecule has 0 radical (unpaired) electrons. The number of hydrogen-bond acceptors (Lipinski definition) is 4. The molecule has 0 spiro atoms. The lowest BCUT2D eigenvalue weighted by Gasteiger charge is -2.34. The Balaban J connectivity index is 1.48. The summed E-state index contributed by atoms with van der Waals surface area (Å²) in [5, 5.41) is 2.93. The highest BCUT2D eigenvalue weighted by Gasteiger charge is 2.30. The molecule has 1 fully saturated rings. The molecule has 0 unspecified atom stereocenters. The van der Waals surface area contributed by atoms with Crippen molar-refractivity contribution in [2.45, 2.75) is 11.3 Å². The van der Waals surface area contributed by atoms with Crippen LogP contribution in [0.15, 0.2) is 47.4 Å². The van der Waals surface area contributed by atoms with Crippen molar-refractivity contribution in [1.82, 2.24) is 14.5 Å². The van der Waals surface area contributed by atoms with Crippen LogP contribution in [-0.2, 0) is 14.8 Å². The summed E-state index contributed by atoms with van der Waals surface area (Å²) in [6, 6.07) is 9.64. The van der Waals surface area contributed by atoms with Gasteiger partial charge < -0.3 is 10.2 Å². The topological polar surface area (TPSA) is 86.8 Å². The number of halogens is 3. The number of sulfonamides is 1. The van der Waals surface area contributed by atoms with Gasteiger partial charge in [-0.05, 0) is 42.5 Å². The van der Waals surface area contributed by atoms with Crippen LogP contribution in [0.2, 0.25) is 10.0 Å². The number of nitrogens with zero attached hydrogens (tertiary/aromatic N) is 2. The van der Waals surface area contributed by atoms with Crippen LogP contribution in [0.5, 0.6) is 0 Å². The van der Waals surface area contributed by atoms with Crippen molar-refractivity contribution in [3.05, 3.63) is 63.9 Å². The zero-order chi connectivity index (χ0) is 22.6. The molecule has 0 bridgehead atoms. The van der Waals surface area contributed by atoms with E-state index < -0.39 is 15.8 Å². The average Bonchev–Trinajstić information content (AvgIpc) is 2.76. The Hall–Kier alpha value is -2.20. The molecule has 2 aromatic carbocycles. The largest absolute Gasteiger partial charge is 0.352 e. The first-order valence-electron chi connectivity index (χ1n) is 9.45. The third-order valence-electron chi connectivity index (χ3n) is 4.85. The fraction of sp³-hybridized carbons (Fsp3) is 0.300. The summed E-state index contributed by atoms with van der Waals surface area (Å²) >= 11 is 11.5. The molecule has 7 nitrogen and oxygen atoms in total. The van der Waals surface area contributed by atoms with Crippen molar-refractivity contribution in [3.63, 3.8) is 0 Å². The average molecular weight is 488 g/mol. The number of carbonyl (C=O) groups excluding carboxylic acids is 2. The third kappa shape index (κ3) is 5.74. The summed E-state index contributed by atoms with van der Waals surface area (Å²) < 4.78 is 40.0. The van der Waals surface area contributed by atoms with Crippen molar-refractivity contribution in [3.8, 4) is 0 Å². The van der Waals surface area contributed by atoms with Gasteiger partial charge in [0.05, 0.1) is 9.92 Å². The Morgan fingerprint density at radius 3 is 2.26 bits per heavy atom. The molecule has 166 valence electrons. The molecule has 1 aliphatic heterocycles. The lowest BCUT2D eigenvalue weighted by molar-refractivity contribution is -0.132. The maximum absolute atomic E-state index is 13.3. The first-order valence-corrected chi connectivity index (χ1v) is 11.6. The highest BCUT2D eigenvalue weighted by molar-refractivity contribution is 7.89. The second-order valence-corrected chi connectivity index (χ2v) is 9.66. The Morgan fingerprint density at radius 2 is 1.65 bits per heavy atom. The van der Waals surface area contributed by atoms with Gasteiger partial charge in [0, 0.05) is 49.7 Å². The molecule has 0 saturated carbocycles. The summed E-state index contributed by atoms with van der Waals surface area (Å²) in [6.45, 7) is 0.823. The molecule has 1 aliphatic rings. The fourth-order valence-corrected chi connectivity index (χ4v) is 4.93. The molecular weight excluding hydrogens is 468 g/mol. The molecule has 3 rings (SSSR count). The van der Waals surface area contributed by atoms with Crippen LogP contribution in [-0.4, -0.2) is 62.2 Å². The molecule has 0 aliphatic carbocycles. The predicted octanol–water partition coefficient (Wildman–Crippen LogP) is 2.79. The van der Waals surface area contributed by atoms with Gasteiger partial charge in [-0.25, -0.2) is 12.8 Å². The van der Waals surface area contributed by atoms with Crippen LogP contribution in [0, 0.1) is 5.82 Å². The SMILES string of the molecule is O=C(NCCC(=O)N1CCN(S(=O)(=O)c2ccc(F)c(Cl)c2)CC1)c1ccc(Cl)cc1. The van der Waals surface area contributed by atoms with Crippen LogP contribution >= 0.6 is 23.2 Å². The van der Waals surface area contributed by atoms with Crippen LogP contribution in [0.25, 0.3) is 0 Å². The monoisotopic (exact) mass is 487 g/mol. The molecule has 0 aromatic heterocycles. The number of amides is 2. The van der Waals surface area contributed by atoms with Crippen LogP contribution < -0.4 is 5.32 Å². The van der Waals surface area contributed by atoms with Gasteiger partial charge in [0.2, 0.25) is 15.9 Å². The van der Waals surface area contributed by atoms with E-state index in [4.69, 9.17) is 23.2 Å². The first-order chi connectivity index (χ1) is 14.7. The van der Waals surface area contributed by atoms with Crippen molar-refractivity contribution < 1.29 is 22.4 Å². The summed E-state index contributed by atoms with van der Waals surface area (Å²) in [6.07, 6.45) is 0.0969. The van der Waals surface area contributed by atoms with Crippen LogP contribution in [0.1, 0.15) is 16.8 Å². The molecule has 1 N–H and O–H groups in total. The number of benzene rings is 2. The molecular formula is C20H20Cl2FN3O4S. The standard InChI is InChI=1S/C20H20Cl2FN3O4S/c21-15-3-1-14(2-4-15)20(28)24-8-7-19(27)25-9-11-26(12-10-25)31(29,30)16-5-6-18(23)17(22)13-16/h1-6,13H,7-12H2,(H,24,28). The van der Waals surface area contributed by atoms with Crippen molar-refractivity contribution in [2.75, 3.05) is 32.7 Å². The summed E-state index contributed by atoms with van der Waals surface area (Å²) in [4.78, 5) is 25.9. The van der Waals surface area contributed by atoms with E-state index in [1.807, 2.05) is 0 Å². The van der Waals surface area contributed by atoms with E-state index in [0.29, 0.717) is 10.6 Å². The minimum absolute atomic E-state index is 0.0939. The quantitative estimate of drug-likeness (QED) is 0.678. The summed E-state index contributed by atoms with van der Waals surface area (Å²) in [7, 11) is -3.83. The molecule has 2 amide bonds. The van der Waals surface area contributed by atoms with Gasteiger partial charge in [-0.15, -0.1) is 0 Å².